The van der Waals surface area contributed by atoms with E-state index in [0.717, 1.165) is 30.4 Å². The van der Waals surface area contributed by atoms with Crippen molar-refractivity contribution < 1.29 is 34.0 Å². The number of methoxy groups -OCH3 is 2. The third-order valence-corrected chi connectivity index (χ3v) is 9.18. The van der Waals surface area contributed by atoms with Crippen molar-refractivity contribution in [3.05, 3.63) is 76.6 Å². The van der Waals surface area contributed by atoms with E-state index in [1.165, 1.54) is 19.8 Å². The first-order valence-corrected chi connectivity index (χ1v) is 15.2. The summed E-state index contributed by atoms with van der Waals surface area (Å²) in [6.45, 7) is 8.67. The number of carbonyl (C=O) groups is 1. The number of rotatable bonds is 8. The first kappa shape index (κ1) is 30.7. The molecule has 1 spiro atoms. The number of Topliss-reactive ketones (excluding diaryl/α,β-unsaturated/α-hetero) is 1. The summed E-state index contributed by atoms with van der Waals surface area (Å²) < 4.78 is 24.2. The van der Waals surface area contributed by atoms with Gasteiger partial charge in [0.15, 0.2) is 28.8 Å². The largest absolute Gasteiger partial charge is 0.504 e. The molecule has 43 heavy (non-hydrogen) atoms. The highest BCUT2D eigenvalue weighted by molar-refractivity contribution is 5.98. The van der Waals surface area contributed by atoms with Crippen molar-refractivity contribution in [2.75, 3.05) is 14.2 Å². The standard InChI is InChI=1S/C36H44O7/c1-22-7-12-26-23(2)20-36(43-31(26)17-22)21-35(3,4)34(29(39)15-10-24-8-13-27(37)32(18-24)40-5)30(42-36)16-11-25-9-14-28(38)33(19-25)41-6/h8-9,11,13-14,16-19,23,26,31,37-38H,7,10,12,15,20-21H2,1-6H3/t23-,26+,31+,36-/m0/s1. The molecule has 2 heterocycles. The number of ether oxygens (including phenoxy) is 4. The maximum absolute atomic E-state index is 14.0. The van der Waals surface area contributed by atoms with Gasteiger partial charge in [0.25, 0.3) is 0 Å². The van der Waals surface area contributed by atoms with E-state index in [2.05, 4.69) is 33.8 Å². The zero-order chi connectivity index (χ0) is 30.9. The van der Waals surface area contributed by atoms with Gasteiger partial charge in [-0.25, -0.2) is 0 Å². The van der Waals surface area contributed by atoms with Crippen LogP contribution in [0.15, 0.2) is 65.5 Å². The summed E-state index contributed by atoms with van der Waals surface area (Å²) in [5.74, 6) is 1.41. The van der Waals surface area contributed by atoms with Gasteiger partial charge < -0.3 is 29.2 Å². The molecule has 230 valence electrons. The third kappa shape index (κ3) is 6.47. The molecule has 2 N–H and O–H groups in total. The van der Waals surface area contributed by atoms with Crippen LogP contribution in [0.1, 0.15) is 70.9 Å². The van der Waals surface area contributed by atoms with Crippen LogP contribution in [0, 0.1) is 17.3 Å². The number of hydrogen-bond acceptors (Lipinski definition) is 7. The monoisotopic (exact) mass is 588 g/mol. The van der Waals surface area contributed by atoms with Crippen molar-refractivity contribution in [3.8, 4) is 23.0 Å². The number of hydrogen-bond donors (Lipinski definition) is 2. The highest BCUT2D eigenvalue weighted by Crippen LogP contribution is 2.53. The first-order valence-electron chi connectivity index (χ1n) is 15.2. The van der Waals surface area contributed by atoms with Crippen molar-refractivity contribution in [1.82, 2.24) is 0 Å². The van der Waals surface area contributed by atoms with Crippen molar-refractivity contribution in [1.29, 1.82) is 0 Å². The zero-order valence-electron chi connectivity index (χ0n) is 26.1. The van der Waals surface area contributed by atoms with Gasteiger partial charge in [-0.2, -0.15) is 0 Å². The van der Waals surface area contributed by atoms with Gasteiger partial charge in [0.05, 0.1) is 20.3 Å². The first-order chi connectivity index (χ1) is 20.4. The average Bonchev–Trinajstić information content (AvgIpc) is 2.95. The van der Waals surface area contributed by atoms with Gasteiger partial charge in [-0.05, 0) is 79.5 Å². The lowest BCUT2D eigenvalue weighted by Crippen LogP contribution is -2.54. The normalized spacial score (nSPS) is 26.6. The summed E-state index contributed by atoms with van der Waals surface area (Å²) in [4.78, 5) is 14.0. The minimum Gasteiger partial charge on any atom is -0.504 e. The Kier molecular flexibility index (Phi) is 8.66. The van der Waals surface area contributed by atoms with E-state index in [9.17, 15) is 15.0 Å². The summed E-state index contributed by atoms with van der Waals surface area (Å²) in [7, 11) is 3.02. The summed E-state index contributed by atoms with van der Waals surface area (Å²) in [6.07, 6.45) is 10.3. The van der Waals surface area contributed by atoms with Crippen molar-refractivity contribution in [2.24, 2.45) is 17.3 Å². The van der Waals surface area contributed by atoms with Gasteiger partial charge in [-0.1, -0.05) is 50.6 Å². The van der Waals surface area contributed by atoms with E-state index in [-0.39, 0.29) is 29.8 Å². The van der Waals surface area contributed by atoms with Gasteiger partial charge in [0.2, 0.25) is 5.79 Å². The number of aromatic hydroxyl groups is 2. The molecule has 2 aliphatic heterocycles. The van der Waals surface area contributed by atoms with Crippen LogP contribution in [0.5, 0.6) is 23.0 Å². The summed E-state index contributed by atoms with van der Waals surface area (Å²) >= 11 is 0. The SMILES string of the molecule is COc1cc(C=CC2=C(C(=O)CCc3ccc(O)c(OC)c3)C(C)(C)C[C@@]3(C[C@H](C)[C@H]4CCC(C)=C[C@H]4O3)O2)ccc1O. The van der Waals surface area contributed by atoms with Crippen molar-refractivity contribution >= 4 is 11.9 Å². The number of phenolic OH excluding ortho intramolecular Hbond substituents is 2. The lowest BCUT2D eigenvalue weighted by molar-refractivity contribution is -0.294. The van der Waals surface area contributed by atoms with Crippen molar-refractivity contribution in [3.63, 3.8) is 0 Å². The molecule has 7 heteroatoms. The van der Waals surface area contributed by atoms with Gasteiger partial charge >= 0.3 is 0 Å². The summed E-state index contributed by atoms with van der Waals surface area (Å²) in [6, 6.07) is 10.3. The molecule has 2 aromatic carbocycles. The van der Waals surface area contributed by atoms with Gasteiger partial charge in [-0.3, -0.25) is 4.79 Å². The van der Waals surface area contributed by atoms with Crippen LogP contribution in [0.2, 0.25) is 0 Å². The molecule has 0 aromatic heterocycles. The van der Waals surface area contributed by atoms with E-state index in [1.54, 1.807) is 30.3 Å². The Balaban J connectivity index is 1.50. The van der Waals surface area contributed by atoms with E-state index in [0.29, 0.717) is 47.5 Å². The Morgan fingerprint density at radius 1 is 1.05 bits per heavy atom. The number of aryl methyl sites for hydroxylation is 1. The molecule has 0 saturated carbocycles. The van der Waals surface area contributed by atoms with Gasteiger partial charge in [0.1, 0.15) is 5.76 Å². The fraction of sp³-hybridized carbons (Fsp3) is 0.472. The van der Waals surface area contributed by atoms with Crippen LogP contribution in [0.25, 0.3) is 6.08 Å². The predicted molar refractivity (Wildman–Crippen MR) is 166 cm³/mol. The Morgan fingerprint density at radius 2 is 1.74 bits per heavy atom. The Morgan fingerprint density at radius 3 is 2.47 bits per heavy atom. The summed E-state index contributed by atoms with van der Waals surface area (Å²) in [5.41, 5.74) is 3.17. The second-order valence-corrected chi connectivity index (χ2v) is 13.0. The van der Waals surface area contributed by atoms with Crippen LogP contribution in [0.4, 0.5) is 0 Å². The highest BCUT2D eigenvalue weighted by Gasteiger charge is 2.54. The maximum atomic E-state index is 14.0. The van der Waals surface area contributed by atoms with E-state index in [4.69, 9.17) is 18.9 Å². The second-order valence-electron chi connectivity index (χ2n) is 13.0. The van der Waals surface area contributed by atoms with Gasteiger partial charge in [0, 0.05) is 30.3 Å². The number of phenols is 2. The van der Waals surface area contributed by atoms with Crippen LogP contribution in [-0.4, -0.2) is 42.1 Å². The molecule has 0 bridgehead atoms. The molecule has 4 atom stereocenters. The fourth-order valence-corrected chi connectivity index (χ4v) is 7.14. The fourth-order valence-electron chi connectivity index (χ4n) is 7.14. The Labute approximate surface area is 254 Å². The summed E-state index contributed by atoms with van der Waals surface area (Å²) in [5, 5.41) is 20.1. The predicted octanol–water partition coefficient (Wildman–Crippen LogP) is 7.51. The smallest absolute Gasteiger partial charge is 0.212 e. The number of fused-ring (bicyclic) bond motifs is 1. The zero-order valence-corrected chi connectivity index (χ0v) is 26.1. The van der Waals surface area contributed by atoms with Crippen LogP contribution < -0.4 is 9.47 Å². The second kappa shape index (κ2) is 12.1. The lowest BCUT2D eigenvalue weighted by atomic mass is 9.68. The van der Waals surface area contributed by atoms with E-state index in [1.807, 2.05) is 18.2 Å². The molecular weight excluding hydrogens is 544 g/mol. The van der Waals surface area contributed by atoms with Crippen molar-refractivity contribution in [2.45, 2.75) is 78.1 Å². The van der Waals surface area contributed by atoms with E-state index < -0.39 is 11.2 Å². The third-order valence-electron chi connectivity index (χ3n) is 9.18. The van der Waals surface area contributed by atoms with Crippen LogP contribution in [-0.2, 0) is 20.7 Å². The Hall–Kier alpha value is -3.71. The molecule has 5 rings (SSSR count). The minimum absolute atomic E-state index is 0.00460. The minimum atomic E-state index is -0.849. The molecule has 1 saturated heterocycles. The molecular formula is C36H44O7. The lowest BCUT2D eigenvalue weighted by Gasteiger charge is -2.53. The molecule has 1 fully saturated rings. The number of benzene rings is 2. The highest BCUT2D eigenvalue weighted by atomic mass is 16.7. The number of ketones is 1. The van der Waals surface area contributed by atoms with Crippen LogP contribution >= 0.6 is 0 Å². The Bertz CT molecular complexity index is 1470. The molecule has 2 aromatic rings. The molecule has 0 unspecified atom stereocenters. The number of carbonyl (C=O) groups excluding carboxylic acids is 1. The maximum Gasteiger partial charge on any atom is 0.212 e. The van der Waals surface area contributed by atoms with E-state index >= 15 is 0 Å². The average molecular weight is 589 g/mol. The topological polar surface area (TPSA) is 94.5 Å². The molecule has 0 amide bonds. The molecule has 1 aliphatic carbocycles. The van der Waals surface area contributed by atoms with Gasteiger partial charge in [-0.15, -0.1) is 0 Å². The quantitative estimate of drug-likeness (QED) is 0.308. The molecule has 3 aliphatic rings. The molecule has 0 radical (unpaired) electrons. The number of allylic oxidation sites excluding steroid dienone is 3. The molecule has 7 nitrogen and oxygen atoms in total. The van der Waals surface area contributed by atoms with Crippen LogP contribution in [0.3, 0.4) is 0 Å².